The minimum Gasteiger partial charge on any atom is -0.352 e. The highest BCUT2D eigenvalue weighted by atomic mass is 19.4. The molecule has 0 unspecified atom stereocenters. The molecule has 0 spiro atoms. The maximum Gasteiger partial charge on any atom is 0.416 e. The fraction of sp³-hybridized carbons (Fsp3) is 0.417. The monoisotopic (exact) mass is 257 g/mol. The van der Waals surface area contributed by atoms with Gasteiger partial charge in [0.1, 0.15) is 0 Å². The van der Waals surface area contributed by atoms with Crippen LogP contribution in [0.15, 0.2) is 29.3 Å². The molecule has 1 aliphatic heterocycles. The van der Waals surface area contributed by atoms with Crippen molar-refractivity contribution in [3.05, 3.63) is 35.4 Å². The minimum atomic E-state index is -4.32. The molecule has 0 fully saturated rings. The van der Waals surface area contributed by atoms with Gasteiger partial charge >= 0.3 is 6.18 Å². The fourth-order valence-electron chi connectivity index (χ4n) is 1.85. The van der Waals surface area contributed by atoms with E-state index in [-0.39, 0.29) is 12.1 Å². The molecule has 3 nitrogen and oxygen atoms in total. The normalized spacial score (nSPS) is 15.8. The Morgan fingerprint density at radius 3 is 2.67 bits per heavy atom. The fourth-order valence-corrected chi connectivity index (χ4v) is 1.85. The molecule has 0 bridgehead atoms. The highest BCUT2D eigenvalue weighted by Crippen LogP contribution is 2.31. The van der Waals surface area contributed by atoms with E-state index in [2.05, 4.69) is 10.3 Å². The van der Waals surface area contributed by atoms with E-state index in [1.165, 1.54) is 12.1 Å². The number of hydrogen-bond acceptors (Lipinski definition) is 3. The summed E-state index contributed by atoms with van der Waals surface area (Å²) in [6.45, 7) is 1.60. The molecule has 1 aromatic carbocycles. The molecule has 0 aromatic heterocycles. The topological polar surface area (TPSA) is 27.6 Å². The Labute approximate surface area is 103 Å². The predicted molar refractivity (Wildman–Crippen MR) is 63.2 cm³/mol. The van der Waals surface area contributed by atoms with E-state index in [1.54, 1.807) is 6.07 Å². The molecule has 1 heterocycles. The summed E-state index contributed by atoms with van der Waals surface area (Å²) >= 11 is 0. The number of nitrogens with zero attached hydrogens (tertiary/aromatic N) is 2. The number of halogens is 3. The van der Waals surface area contributed by atoms with E-state index in [4.69, 9.17) is 0 Å². The van der Waals surface area contributed by atoms with E-state index in [9.17, 15) is 13.2 Å². The van der Waals surface area contributed by atoms with E-state index in [0.717, 1.165) is 12.6 Å². The smallest absolute Gasteiger partial charge is 0.352 e. The van der Waals surface area contributed by atoms with Crippen molar-refractivity contribution >= 4 is 5.96 Å². The number of likely N-dealkylation sites (N-methyl/N-ethyl adjacent to an activating group) is 1. The molecule has 1 aliphatic rings. The van der Waals surface area contributed by atoms with Crippen molar-refractivity contribution in [2.75, 3.05) is 20.1 Å². The van der Waals surface area contributed by atoms with Gasteiger partial charge in [-0.25, -0.2) is 0 Å². The van der Waals surface area contributed by atoms with Crippen molar-refractivity contribution in [2.45, 2.75) is 12.7 Å². The Hall–Kier alpha value is -1.72. The lowest BCUT2D eigenvalue weighted by Crippen LogP contribution is -2.35. The molecule has 2 rings (SSSR count). The highest BCUT2D eigenvalue weighted by molar-refractivity contribution is 5.81. The van der Waals surface area contributed by atoms with Crippen molar-refractivity contribution < 1.29 is 13.2 Å². The number of hydrogen-bond donors (Lipinski definition) is 1. The highest BCUT2D eigenvalue weighted by Gasteiger charge is 2.32. The summed E-state index contributed by atoms with van der Waals surface area (Å²) in [5, 5.41) is 2.94. The third-order valence-electron chi connectivity index (χ3n) is 2.82. The van der Waals surface area contributed by atoms with Gasteiger partial charge in [0.15, 0.2) is 5.96 Å². The standard InChI is InChI=1S/C12H14F3N3/c1-18-7-6-16-11(18)17-8-9-4-2-3-5-10(9)12(13,14)15/h2-5H,6-8H2,1H3,(H,16,17). The van der Waals surface area contributed by atoms with Gasteiger partial charge < -0.3 is 10.2 Å². The first-order valence-electron chi connectivity index (χ1n) is 5.63. The van der Waals surface area contributed by atoms with Crippen LogP contribution in [0.1, 0.15) is 11.1 Å². The lowest BCUT2D eigenvalue weighted by Gasteiger charge is -2.17. The van der Waals surface area contributed by atoms with Crippen molar-refractivity contribution in [2.24, 2.45) is 4.99 Å². The number of alkyl halides is 3. The number of benzene rings is 1. The van der Waals surface area contributed by atoms with E-state index >= 15 is 0 Å². The van der Waals surface area contributed by atoms with Gasteiger partial charge in [0.05, 0.1) is 12.1 Å². The second-order valence-corrected chi connectivity index (χ2v) is 4.14. The zero-order valence-electron chi connectivity index (χ0n) is 9.96. The first-order chi connectivity index (χ1) is 8.48. The third-order valence-corrected chi connectivity index (χ3v) is 2.82. The molecule has 98 valence electrons. The molecular formula is C12H14F3N3. The maximum atomic E-state index is 12.8. The third kappa shape index (κ3) is 2.75. The van der Waals surface area contributed by atoms with Crippen LogP contribution >= 0.6 is 0 Å². The summed E-state index contributed by atoms with van der Waals surface area (Å²) in [4.78, 5) is 6.06. The molecular weight excluding hydrogens is 243 g/mol. The largest absolute Gasteiger partial charge is 0.416 e. The summed E-state index contributed by atoms with van der Waals surface area (Å²) < 4.78 is 38.3. The van der Waals surface area contributed by atoms with E-state index in [1.807, 2.05) is 11.9 Å². The molecule has 1 N–H and O–H groups in total. The van der Waals surface area contributed by atoms with E-state index in [0.29, 0.717) is 12.5 Å². The predicted octanol–water partition coefficient (Wildman–Crippen LogP) is 2.10. The molecule has 0 amide bonds. The summed E-state index contributed by atoms with van der Waals surface area (Å²) in [6, 6.07) is 5.57. The number of nitrogens with one attached hydrogen (secondary N) is 1. The molecule has 1 aromatic rings. The average Bonchev–Trinajstić information content (AvgIpc) is 2.71. The van der Waals surface area contributed by atoms with Gasteiger partial charge in [0.25, 0.3) is 0 Å². The van der Waals surface area contributed by atoms with Gasteiger partial charge in [0.2, 0.25) is 0 Å². The van der Waals surface area contributed by atoms with Crippen molar-refractivity contribution in [1.82, 2.24) is 10.2 Å². The van der Waals surface area contributed by atoms with Crippen LogP contribution in [-0.2, 0) is 12.7 Å². The number of aliphatic imine (C=N–C) groups is 1. The van der Waals surface area contributed by atoms with Gasteiger partial charge in [-0.1, -0.05) is 18.2 Å². The Morgan fingerprint density at radius 2 is 2.06 bits per heavy atom. The van der Waals surface area contributed by atoms with E-state index < -0.39 is 11.7 Å². The summed E-state index contributed by atoms with van der Waals surface area (Å²) in [5.41, 5.74) is -0.369. The SMILES string of the molecule is CN1CCN=C1NCc1ccccc1C(F)(F)F. The Kier molecular flexibility index (Phi) is 3.45. The van der Waals surface area contributed by atoms with Crippen LogP contribution in [0.3, 0.4) is 0 Å². The van der Waals surface area contributed by atoms with Crippen molar-refractivity contribution in [3.63, 3.8) is 0 Å². The minimum absolute atomic E-state index is 0.124. The number of rotatable bonds is 2. The summed E-state index contributed by atoms with van der Waals surface area (Å²) in [7, 11) is 1.86. The van der Waals surface area contributed by atoms with Crippen LogP contribution in [0.5, 0.6) is 0 Å². The Morgan fingerprint density at radius 1 is 1.33 bits per heavy atom. The first-order valence-corrected chi connectivity index (χ1v) is 5.63. The van der Waals surface area contributed by atoms with Gasteiger partial charge in [0, 0.05) is 20.1 Å². The van der Waals surface area contributed by atoms with Gasteiger partial charge in [-0.15, -0.1) is 0 Å². The van der Waals surface area contributed by atoms with Crippen LogP contribution in [-0.4, -0.2) is 31.0 Å². The molecule has 0 saturated carbocycles. The molecule has 0 radical (unpaired) electrons. The molecule has 0 saturated heterocycles. The van der Waals surface area contributed by atoms with Crippen LogP contribution < -0.4 is 5.32 Å². The lowest BCUT2D eigenvalue weighted by molar-refractivity contribution is -0.138. The molecule has 6 heteroatoms. The number of guanidine groups is 1. The van der Waals surface area contributed by atoms with Gasteiger partial charge in [-0.2, -0.15) is 13.2 Å². The zero-order valence-corrected chi connectivity index (χ0v) is 9.96. The average molecular weight is 257 g/mol. The van der Waals surface area contributed by atoms with Crippen LogP contribution in [0.2, 0.25) is 0 Å². The second kappa shape index (κ2) is 4.88. The lowest BCUT2D eigenvalue weighted by atomic mass is 10.1. The second-order valence-electron chi connectivity index (χ2n) is 4.14. The van der Waals surface area contributed by atoms with Gasteiger partial charge in [-0.05, 0) is 11.6 Å². The Bertz CT molecular complexity index is 454. The first kappa shape index (κ1) is 12.7. The summed E-state index contributed by atoms with van der Waals surface area (Å²) in [5.74, 6) is 0.645. The Balaban J connectivity index is 2.10. The van der Waals surface area contributed by atoms with Crippen molar-refractivity contribution in [1.29, 1.82) is 0 Å². The molecule has 0 atom stereocenters. The van der Waals surface area contributed by atoms with Crippen LogP contribution in [0.4, 0.5) is 13.2 Å². The molecule has 0 aliphatic carbocycles. The van der Waals surface area contributed by atoms with Crippen LogP contribution in [0, 0.1) is 0 Å². The van der Waals surface area contributed by atoms with Crippen LogP contribution in [0.25, 0.3) is 0 Å². The summed E-state index contributed by atoms with van der Waals surface area (Å²) in [6.07, 6.45) is -4.32. The van der Waals surface area contributed by atoms with Gasteiger partial charge in [-0.3, -0.25) is 4.99 Å². The van der Waals surface area contributed by atoms with Crippen molar-refractivity contribution in [3.8, 4) is 0 Å². The quantitative estimate of drug-likeness (QED) is 0.878. The maximum absolute atomic E-state index is 12.8. The zero-order chi connectivity index (χ0) is 13.2. The molecule has 18 heavy (non-hydrogen) atoms.